The van der Waals surface area contributed by atoms with Crippen LogP contribution in [0.4, 0.5) is 5.82 Å². The fourth-order valence-corrected chi connectivity index (χ4v) is 5.03. The normalized spacial score (nSPS) is 17.1. The molecule has 1 aromatic carbocycles. The van der Waals surface area contributed by atoms with E-state index >= 15 is 0 Å². The molecule has 10 nitrogen and oxygen atoms in total. The molecule has 0 N–H and O–H groups in total. The third-order valence-electron chi connectivity index (χ3n) is 7.01. The zero-order valence-corrected chi connectivity index (χ0v) is 21.3. The third kappa shape index (κ3) is 5.74. The van der Waals surface area contributed by atoms with Crippen molar-refractivity contribution in [2.24, 2.45) is 0 Å². The molecule has 10 heteroatoms. The van der Waals surface area contributed by atoms with E-state index in [4.69, 9.17) is 19.4 Å². The number of anilines is 1. The summed E-state index contributed by atoms with van der Waals surface area (Å²) < 4.78 is 12.4. The van der Waals surface area contributed by atoms with Crippen LogP contribution in [-0.4, -0.2) is 82.5 Å². The quantitative estimate of drug-likeness (QED) is 0.451. The summed E-state index contributed by atoms with van der Waals surface area (Å²) in [5.74, 6) is 1.60. The number of benzene rings is 1. The van der Waals surface area contributed by atoms with Crippen molar-refractivity contribution in [2.45, 2.75) is 44.9 Å². The second-order valence-electron chi connectivity index (χ2n) is 9.45. The highest BCUT2D eigenvalue weighted by atomic mass is 16.5. The van der Waals surface area contributed by atoms with E-state index in [1.807, 2.05) is 46.1 Å². The molecule has 0 unspecified atom stereocenters. The molecule has 2 saturated heterocycles. The molecule has 3 aromatic rings. The minimum Gasteiger partial charge on any atom is -0.466 e. The summed E-state index contributed by atoms with van der Waals surface area (Å²) in [6, 6.07) is 10.0. The fourth-order valence-electron chi connectivity index (χ4n) is 5.03. The molecule has 196 valence electrons. The Morgan fingerprint density at radius 2 is 1.84 bits per heavy atom. The van der Waals surface area contributed by atoms with E-state index < -0.39 is 0 Å². The molecule has 5 rings (SSSR count). The van der Waals surface area contributed by atoms with Crippen LogP contribution in [0.5, 0.6) is 0 Å². The van der Waals surface area contributed by atoms with Crippen LogP contribution in [0.15, 0.2) is 36.5 Å². The first-order chi connectivity index (χ1) is 18.1. The molecule has 2 aliphatic rings. The van der Waals surface area contributed by atoms with E-state index in [0.29, 0.717) is 39.5 Å². The van der Waals surface area contributed by atoms with Crippen molar-refractivity contribution >= 4 is 28.7 Å². The van der Waals surface area contributed by atoms with Crippen LogP contribution in [0.3, 0.4) is 0 Å². The highest BCUT2D eigenvalue weighted by Crippen LogP contribution is 2.31. The molecule has 0 aliphatic carbocycles. The number of carbonyl (C=O) groups is 2. The van der Waals surface area contributed by atoms with Crippen molar-refractivity contribution in [2.75, 3.05) is 50.9 Å². The first-order valence-electron chi connectivity index (χ1n) is 13.2. The number of ether oxygens (including phenoxy) is 2. The number of hydrogen-bond acceptors (Lipinski definition) is 8. The molecular weight excluding hydrogens is 472 g/mol. The van der Waals surface area contributed by atoms with E-state index in [9.17, 15) is 9.59 Å². The molecule has 0 saturated carbocycles. The third-order valence-corrected chi connectivity index (χ3v) is 7.01. The molecule has 1 amide bonds. The molecule has 0 bridgehead atoms. The zero-order valence-electron chi connectivity index (χ0n) is 21.3. The molecule has 0 radical (unpaired) electrons. The number of esters is 1. The Bertz CT molecular complexity index is 1220. The number of nitrogens with zero attached hydrogens (tertiary/aromatic N) is 6. The van der Waals surface area contributed by atoms with Gasteiger partial charge in [-0.05, 0) is 38.3 Å². The van der Waals surface area contributed by atoms with Gasteiger partial charge in [0.05, 0.1) is 30.3 Å². The molecule has 0 spiro atoms. The second-order valence-corrected chi connectivity index (χ2v) is 9.45. The lowest BCUT2D eigenvalue weighted by Gasteiger charge is -2.26. The number of aromatic nitrogens is 4. The average molecular weight is 507 g/mol. The number of hydrogen-bond donors (Lipinski definition) is 0. The van der Waals surface area contributed by atoms with Crippen molar-refractivity contribution in [3.05, 3.63) is 42.4 Å². The summed E-state index contributed by atoms with van der Waals surface area (Å²) in [5.41, 5.74) is 1.75. The van der Waals surface area contributed by atoms with Crippen molar-refractivity contribution in [1.29, 1.82) is 0 Å². The molecule has 4 heterocycles. The Labute approximate surface area is 216 Å². The van der Waals surface area contributed by atoms with Crippen LogP contribution in [0.25, 0.3) is 16.7 Å². The van der Waals surface area contributed by atoms with Crippen molar-refractivity contribution in [3.63, 3.8) is 0 Å². The van der Waals surface area contributed by atoms with Crippen LogP contribution in [-0.2, 0) is 19.1 Å². The lowest BCUT2D eigenvalue weighted by Crippen LogP contribution is -2.35. The second kappa shape index (κ2) is 11.7. The van der Waals surface area contributed by atoms with Gasteiger partial charge >= 0.3 is 5.97 Å². The number of amides is 1. The lowest BCUT2D eigenvalue weighted by molar-refractivity contribution is -0.145. The van der Waals surface area contributed by atoms with E-state index in [0.717, 1.165) is 54.2 Å². The van der Waals surface area contributed by atoms with Crippen LogP contribution in [0.1, 0.15) is 50.8 Å². The monoisotopic (exact) mass is 506 g/mol. The van der Waals surface area contributed by atoms with Crippen LogP contribution < -0.4 is 4.90 Å². The van der Waals surface area contributed by atoms with Crippen molar-refractivity contribution < 1.29 is 19.1 Å². The van der Waals surface area contributed by atoms with Gasteiger partial charge in [-0.15, -0.1) is 0 Å². The number of para-hydroxylation sites is 1. The Balaban J connectivity index is 1.41. The predicted molar refractivity (Wildman–Crippen MR) is 139 cm³/mol. The van der Waals surface area contributed by atoms with Crippen LogP contribution in [0.2, 0.25) is 0 Å². The number of carbonyl (C=O) groups excluding carboxylic acids is 2. The van der Waals surface area contributed by atoms with Crippen LogP contribution >= 0.6 is 0 Å². The Morgan fingerprint density at radius 1 is 1.03 bits per heavy atom. The number of rotatable bonds is 7. The smallest absolute Gasteiger partial charge is 0.306 e. The van der Waals surface area contributed by atoms with Gasteiger partial charge in [0.15, 0.2) is 5.65 Å². The topological polar surface area (TPSA) is 103 Å². The van der Waals surface area contributed by atoms with Gasteiger partial charge in [0.1, 0.15) is 11.6 Å². The summed E-state index contributed by atoms with van der Waals surface area (Å²) in [4.78, 5) is 38.7. The molecular formula is C27H34N6O4. The van der Waals surface area contributed by atoms with Gasteiger partial charge in [-0.3, -0.25) is 9.59 Å². The SMILES string of the molecule is CCOC(=O)CCC(=O)N1CCCN(c2nc(C3CCOCC3)nc3c2cnn3-c2ccccc2)CC1. The summed E-state index contributed by atoms with van der Waals surface area (Å²) in [5, 5.41) is 5.59. The summed E-state index contributed by atoms with van der Waals surface area (Å²) in [6.45, 7) is 6.19. The van der Waals surface area contributed by atoms with Gasteiger partial charge in [0, 0.05) is 51.7 Å². The van der Waals surface area contributed by atoms with Gasteiger partial charge in [-0.1, -0.05) is 18.2 Å². The van der Waals surface area contributed by atoms with E-state index in [-0.39, 0.29) is 30.6 Å². The zero-order chi connectivity index (χ0) is 25.6. The summed E-state index contributed by atoms with van der Waals surface area (Å²) in [6.07, 6.45) is 4.75. The van der Waals surface area contributed by atoms with Gasteiger partial charge < -0.3 is 19.3 Å². The minimum absolute atomic E-state index is 0.0115. The predicted octanol–water partition coefficient (Wildman–Crippen LogP) is 3.09. The Hall–Kier alpha value is -3.53. The van der Waals surface area contributed by atoms with E-state index in [1.54, 1.807) is 6.92 Å². The highest BCUT2D eigenvalue weighted by Gasteiger charge is 2.26. The van der Waals surface area contributed by atoms with Crippen LogP contribution in [0, 0.1) is 0 Å². The van der Waals surface area contributed by atoms with Gasteiger partial charge in [0.2, 0.25) is 5.91 Å². The summed E-state index contributed by atoms with van der Waals surface area (Å²) in [7, 11) is 0. The molecule has 37 heavy (non-hydrogen) atoms. The van der Waals surface area contributed by atoms with Gasteiger partial charge in [0.25, 0.3) is 0 Å². The lowest BCUT2D eigenvalue weighted by atomic mass is 9.99. The average Bonchev–Trinajstić information content (AvgIpc) is 3.21. The summed E-state index contributed by atoms with van der Waals surface area (Å²) >= 11 is 0. The largest absolute Gasteiger partial charge is 0.466 e. The maximum atomic E-state index is 12.8. The molecule has 2 aromatic heterocycles. The van der Waals surface area contributed by atoms with Crippen molar-refractivity contribution in [1.82, 2.24) is 24.6 Å². The maximum absolute atomic E-state index is 12.8. The first kappa shape index (κ1) is 25.1. The maximum Gasteiger partial charge on any atom is 0.306 e. The molecule has 2 aliphatic heterocycles. The Morgan fingerprint density at radius 3 is 2.62 bits per heavy atom. The highest BCUT2D eigenvalue weighted by molar-refractivity contribution is 5.88. The molecule has 0 atom stereocenters. The minimum atomic E-state index is -0.327. The van der Waals surface area contributed by atoms with E-state index in [1.165, 1.54) is 0 Å². The van der Waals surface area contributed by atoms with Gasteiger partial charge in [-0.2, -0.15) is 5.10 Å². The fraction of sp³-hybridized carbons (Fsp3) is 0.519. The first-order valence-corrected chi connectivity index (χ1v) is 13.2. The number of fused-ring (bicyclic) bond motifs is 1. The van der Waals surface area contributed by atoms with Crippen molar-refractivity contribution in [3.8, 4) is 5.69 Å². The Kier molecular flexibility index (Phi) is 7.93. The standard InChI is InChI=1S/C27H34N6O4/c1-2-37-24(35)10-9-23(34)31-13-6-14-32(16-15-31)26-22-19-28-33(21-7-4-3-5-8-21)27(22)30-25(29-26)20-11-17-36-18-12-20/h3-5,7-8,19-20H,2,6,9-18H2,1H3. The van der Waals surface area contributed by atoms with E-state index in [2.05, 4.69) is 10.00 Å². The van der Waals surface area contributed by atoms with Gasteiger partial charge in [-0.25, -0.2) is 14.6 Å². The molecule has 2 fully saturated rings.